The molecule has 40 valence electrons. The average Bonchev–Trinajstić information content (AvgIpc) is 1.27. The summed E-state index contributed by atoms with van der Waals surface area (Å²) in [7, 11) is 0. The molecule has 0 aromatic carbocycles. The van der Waals surface area contributed by atoms with Gasteiger partial charge in [0.1, 0.15) is 0 Å². The van der Waals surface area contributed by atoms with Gasteiger partial charge < -0.3 is 5.11 Å². The Morgan fingerprint density at radius 1 is 1.86 bits per heavy atom. The molecule has 1 N–H and O–H groups in total. The number of halogens is 1. The zero-order valence-corrected chi connectivity index (χ0v) is 3.81. The van der Waals surface area contributed by atoms with Crippen molar-refractivity contribution in [2.24, 2.45) is 0 Å². The van der Waals surface area contributed by atoms with Gasteiger partial charge in [0.15, 0.2) is 0 Å². The van der Waals surface area contributed by atoms with Crippen molar-refractivity contribution in [2.75, 3.05) is 0 Å². The van der Waals surface area contributed by atoms with Crippen LogP contribution in [0.3, 0.4) is 0 Å². The van der Waals surface area contributed by atoms with Gasteiger partial charge in [-0.1, -0.05) is 0 Å². The summed E-state index contributed by atoms with van der Waals surface area (Å²) in [5, 5.41) is 8.12. The van der Waals surface area contributed by atoms with E-state index in [1.165, 1.54) is 6.92 Å². The van der Waals surface area contributed by atoms with Crippen molar-refractivity contribution in [3.8, 4) is 0 Å². The van der Waals surface area contributed by atoms with Crippen LogP contribution in [0.2, 0.25) is 0 Å². The van der Waals surface area contributed by atoms with Crippen molar-refractivity contribution in [1.82, 2.24) is 0 Å². The van der Waals surface area contributed by atoms with Gasteiger partial charge in [-0.3, -0.25) is 4.79 Å². The summed E-state index contributed by atoms with van der Waals surface area (Å²) in [6, 6.07) is -1.62. The largest absolute Gasteiger partial charge is 0.512 e. The topological polar surface area (TPSA) is 37.3 Å². The van der Waals surface area contributed by atoms with Crippen LogP contribution in [0.25, 0.3) is 0 Å². The van der Waals surface area contributed by atoms with Crippen LogP contribution in [0.15, 0.2) is 11.8 Å². The first-order valence-electron chi connectivity index (χ1n) is 1.69. The Morgan fingerprint density at radius 3 is 2.29 bits per heavy atom. The van der Waals surface area contributed by atoms with E-state index in [4.69, 9.17) is 5.11 Å². The Morgan fingerprint density at radius 2 is 2.29 bits per heavy atom. The van der Waals surface area contributed by atoms with E-state index in [9.17, 15) is 9.18 Å². The van der Waals surface area contributed by atoms with E-state index in [-0.39, 0.29) is 5.76 Å². The van der Waals surface area contributed by atoms with Gasteiger partial charge in [-0.25, -0.2) is 0 Å². The summed E-state index contributed by atoms with van der Waals surface area (Å²) in [5.74, 6) is -0.312. The van der Waals surface area contributed by atoms with Crippen molar-refractivity contribution in [3.05, 3.63) is 11.8 Å². The molecule has 0 saturated carbocycles. The molecule has 0 fully saturated rings. The quantitative estimate of drug-likeness (QED) is 0.305. The highest BCUT2D eigenvalue weighted by Crippen LogP contribution is 1.84. The van der Waals surface area contributed by atoms with Gasteiger partial charge >= 0.3 is 6.04 Å². The predicted octanol–water partition coefficient (Wildman–Crippen LogP) is 0.944. The molecule has 0 amide bonds. The van der Waals surface area contributed by atoms with Crippen LogP contribution in [0.5, 0.6) is 0 Å². The molecule has 3 heteroatoms. The summed E-state index contributed by atoms with van der Waals surface area (Å²) in [4.78, 5) is 9.35. The number of rotatable bonds is 1. The van der Waals surface area contributed by atoms with Crippen LogP contribution < -0.4 is 0 Å². The van der Waals surface area contributed by atoms with Gasteiger partial charge in [0, 0.05) is 0 Å². The number of hydrogen-bond donors (Lipinski definition) is 1. The van der Waals surface area contributed by atoms with Crippen LogP contribution >= 0.6 is 0 Å². The molecule has 0 aliphatic heterocycles. The van der Waals surface area contributed by atoms with E-state index >= 15 is 0 Å². The lowest BCUT2D eigenvalue weighted by atomic mass is 10.5. The van der Waals surface area contributed by atoms with Gasteiger partial charge in [0.25, 0.3) is 0 Å². The van der Waals surface area contributed by atoms with Gasteiger partial charge in [0.05, 0.1) is 11.8 Å². The van der Waals surface area contributed by atoms with E-state index < -0.39 is 6.04 Å². The lowest BCUT2D eigenvalue weighted by Crippen LogP contribution is -1.80. The van der Waals surface area contributed by atoms with Crippen molar-refractivity contribution in [2.45, 2.75) is 6.92 Å². The maximum Gasteiger partial charge on any atom is 0.328 e. The molecule has 0 radical (unpaired) electrons. The lowest BCUT2D eigenvalue weighted by molar-refractivity contribution is -0.124. The Hall–Kier alpha value is -0.860. The first-order valence-corrected chi connectivity index (χ1v) is 1.69. The average molecular weight is 104 g/mol. The summed E-state index contributed by atoms with van der Waals surface area (Å²) < 4.78 is 11.1. The Kier molecular flexibility index (Phi) is 2.05. The lowest BCUT2D eigenvalue weighted by Gasteiger charge is -1.78. The highest BCUT2D eigenvalue weighted by Gasteiger charge is 1.88. The van der Waals surface area contributed by atoms with Crippen LogP contribution in [0.1, 0.15) is 6.92 Å². The second kappa shape index (κ2) is 2.34. The molecule has 0 spiro atoms. The molecule has 0 aromatic heterocycles. The molecule has 0 atom stereocenters. The van der Waals surface area contributed by atoms with Gasteiger partial charge in [-0.2, -0.15) is 4.39 Å². The van der Waals surface area contributed by atoms with Crippen LogP contribution in [-0.4, -0.2) is 11.1 Å². The van der Waals surface area contributed by atoms with E-state index in [2.05, 4.69) is 0 Å². The highest BCUT2D eigenvalue weighted by atomic mass is 19.1. The Labute approximate surface area is 40.3 Å². The molecule has 0 unspecified atom stereocenters. The maximum atomic E-state index is 11.1. The zero-order valence-electron chi connectivity index (χ0n) is 3.81. The predicted molar refractivity (Wildman–Crippen MR) is 22.5 cm³/mol. The zero-order chi connectivity index (χ0) is 5.86. The summed E-state index contributed by atoms with van der Waals surface area (Å²) >= 11 is 0. The van der Waals surface area contributed by atoms with Gasteiger partial charge in [0.2, 0.25) is 0 Å². The van der Waals surface area contributed by atoms with E-state index in [1.54, 1.807) is 0 Å². The molecular formula is C4H5FO2. The van der Waals surface area contributed by atoms with Crippen molar-refractivity contribution in [3.63, 3.8) is 0 Å². The second-order valence-electron chi connectivity index (χ2n) is 1.09. The Bertz CT molecular complexity index is 102. The van der Waals surface area contributed by atoms with E-state index in [1.807, 2.05) is 0 Å². The fraction of sp³-hybridized carbons (Fsp3) is 0.250. The number of carbonyl (C=O) groups is 1. The first kappa shape index (κ1) is 6.14. The van der Waals surface area contributed by atoms with Crippen LogP contribution in [0, 0.1) is 0 Å². The minimum atomic E-state index is -1.62. The summed E-state index contributed by atoms with van der Waals surface area (Å²) in [6.07, 6.45) is 0.500. The SMILES string of the molecule is C/C(O)=C\C(=O)F. The molecule has 0 saturated heterocycles. The normalized spacial score (nSPS) is 11.4. The monoisotopic (exact) mass is 104 g/mol. The minimum absolute atomic E-state index is 0.312. The van der Waals surface area contributed by atoms with Gasteiger partial charge in [-0.15, -0.1) is 0 Å². The number of hydrogen-bond acceptors (Lipinski definition) is 2. The number of carbonyl (C=O) groups excluding carboxylic acids is 1. The third kappa shape index (κ3) is 5.14. The molecule has 0 rings (SSSR count). The maximum absolute atomic E-state index is 11.1. The van der Waals surface area contributed by atoms with Gasteiger partial charge in [-0.05, 0) is 6.92 Å². The van der Waals surface area contributed by atoms with Crippen molar-refractivity contribution < 1.29 is 14.3 Å². The molecule has 0 aromatic rings. The van der Waals surface area contributed by atoms with E-state index in [0.717, 1.165) is 0 Å². The first-order chi connectivity index (χ1) is 3.13. The summed E-state index contributed by atoms with van der Waals surface area (Å²) in [6.45, 7) is 1.22. The van der Waals surface area contributed by atoms with Crippen molar-refractivity contribution >= 4 is 6.04 Å². The smallest absolute Gasteiger partial charge is 0.328 e. The standard InChI is InChI=1S/C4H5FO2/c1-3(6)2-4(5)7/h2,6H,1H3/b3-2+. The van der Waals surface area contributed by atoms with Crippen LogP contribution in [0.4, 0.5) is 4.39 Å². The van der Waals surface area contributed by atoms with Crippen molar-refractivity contribution in [1.29, 1.82) is 0 Å². The fourth-order valence-electron chi connectivity index (χ4n) is 0.164. The molecule has 7 heavy (non-hydrogen) atoms. The third-order valence-electron chi connectivity index (χ3n) is 0.322. The second-order valence-corrected chi connectivity index (χ2v) is 1.09. The molecule has 0 aliphatic carbocycles. The molecular weight excluding hydrogens is 99.0 g/mol. The molecule has 0 bridgehead atoms. The Balaban J connectivity index is 3.68. The van der Waals surface area contributed by atoms with Crippen LogP contribution in [-0.2, 0) is 4.79 Å². The molecule has 0 heterocycles. The number of aliphatic hydroxyl groups excluding tert-OH is 1. The molecule has 2 nitrogen and oxygen atoms in total. The third-order valence-corrected chi connectivity index (χ3v) is 0.322. The molecule has 0 aliphatic rings. The minimum Gasteiger partial charge on any atom is -0.512 e. The fourth-order valence-corrected chi connectivity index (χ4v) is 0.164. The number of allylic oxidation sites excluding steroid dienone is 2. The van der Waals surface area contributed by atoms with E-state index in [0.29, 0.717) is 6.08 Å². The number of aliphatic hydroxyl groups is 1. The highest BCUT2D eigenvalue weighted by molar-refractivity contribution is 5.80. The summed E-state index contributed by atoms with van der Waals surface area (Å²) in [5.41, 5.74) is 0.